The van der Waals surface area contributed by atoms with Crippen LogP contribution in [0.2, 0.25) is 0 Å². The van der Waals surface area contributed by atoms with E-state index in [9.17, 15) is 8.78 Å². The molecule has 88 valence electrons. The first kappa shape index (κ1) is 11.3. The fourth-order valence-corrected chi connectivity index (χ4v) is 2.39. The molecular formula is C12H15F2NO. The molecule has 0 unspecified atom stereocenters. The number of hydrogen-bond donors (Lipinski definition) is 1. The molecule has 1 aliphatic rings. The van der Waals surface area contributed by atoms with Crippen LogP contribution in [0.4, 0.5) is 8.78 Å². The maximum Gasteiger partial charge on any atom is 0.387 e. The second kappa shape index (κ2) is 4.01. The van der Waals surface area contributed by atoms with E-state index in [0.717, 1.165) is 18.4 Å². The van der Waals surface area contributed by atoms with E-state index in [1.807, 2.05) is 0 Å². The Morgan fingerprint density at radius 2 is 1.88 bits per heavy atom. The molecule has 16 heavy (non-hydrogen) atoms. The van der Waals surface area contributed by atoms with E-state index in [0.29, 0.717) is 5.92 Å². The highest BCUT2D eigenvalue weighted by atomic mass is 19.3. The van der Waals surface area contributed by atoms with Crippen molar-refractivity contribution in [1.82, 2.24) is 0 Å². The Morgan fingerprint density at radius 1 is 1.31 bits per heavy atom. The van der Waals surface area contributed by atoms with E-state index >= 15 is 0 Å². The highest BCUT2D eigenvalue weighted by molar-refractivity contribution is 5.33. The van der Waals surface area contributed by atoms with E-state index in [4.69, 9.17) is 5.73 Å². The number of nitrogens with two attached hydrogens (primary N) is 1. The van der Waals surface area contributed by atoms with Gasteiger partial charge in [-0.15, -0.1) is 0 Å². The SMILES string of the molecule is CC1CC(N)(c2ccc(OC(F)F)cc2)C1. The van der Waals surface area contributed by atoms with Gasteiger partial charge in [0.05, 0.1) is 0 Å². The lowest BCUT2D eigenvalue weighted by Gasteiger charge is -2.44. The molecule has 1 aromatic carbocycles. The molecule has 1 saturated carbocycles. The molecule has 4 heteroatoms. The second-order valence-electron chi connectivity index (χ2n) is 4.57. The van der Waals surface area contributed by atoms with Gasteiger partial charge in [-0.1, -0.05) is 19.1 Å². The summed E-state index contributed by atoms with van der Waals surface area (Å²) in [5.41, 5.74) is 6.89. The Hall–Kier alpha value is -1.16. The van der Waals surface area contributed by atoms with E-state index in [1.165, 1.54) is 0 Å². The van der Waals surface area contributed by atoms with Crippen LogP contribution in [-0.4, -0.2) is 6.61 Å². The van der Waals surface area contributed by atoms with Crippen molar-refractivity contribution >= 4 is 0 Å². The normalized spacial score (nSPS) is 28.9. The Morgan fingerprint density at radius 3 is 2.31 bits per heavy atom. The van der Waals surface area contributed by atoms with Crippen LogP contribution in [0.1, 0.15) is 25.3 Å². The Bertz CT molecular complexity index is 358. The molecule has 0 spiro atoms. The van der Waals surface area contributed by atoms with Gasteiger partial charge in [0.15, 0.2) is 0 Å². The average Bonchev–Trinajstić information content (AvgIpc) is 2.15. The molecule has 1 fully saturated rings. The van der Waals surface area contributed by atoms with Gasteiger partial charge in [0.1, 0.15) is 5.75 Å². The molecule has 0 saturated heterocycles. The lowest BCUT2D eigenvalue weighted by atomic mass is 9.66. The molecule has 0 amide bonds. The third-order valence-electron chi connectivity index (χ3n) is 3.08. The fraction of sp³-hybridized carbons (Fsp3) is 0.500. The monoisotopic (exact) mass is 227 g/mol. The lowest BCUT2D eigenvalue weighted by Crippen LogP contribution is -2.47. The van der Waals surface area contributed by atoms with Gasteiger partial charge in [0.2, 0.25) is 0 Å². The minimum absolute atomic E-state index is 0.176. The summed E-state index contributed by atoms with van der Waals surface area (Å²) in [7, 11) is 0. The molecule has 0 atom stereocenters. The van der Waals surface area contributed by atoms with Crippen LogP contribution < -0.4 is 10.5 Å². The molecule has 2 rings (SSSR count). The predicted molar refractivity (Wildman–Crippen MR) is 57.3 cm³/mol. The van der Waals surface area contributed by atoms with Gasteiger partial charge in [0.25, 0.3) is 0 Å². The largest absolute Gasteiger partial charge is 0.435 e. The number of ether oxygens (including phenoxy) is 1. The average molecular weight is 227 g/mol. The van der Waals surface area contributed by atoms with Gasteiger partial charge >= 0.3 is 6.61 Å². The maximum absolute atomic E-state index is 11.9. The number of benzene rings is 1. The molecule has 0 radical (unpaired) electrons. The summed E-state index contributed by atoms with van der Waals surface area (Å²) in [6.45, 7) is -0.624. The summed E-state index contributed by atoms with van der Waals surface area (Å²) in [6.07, 6.45) is 1.89. The van der Waals surface area contributed by atoms with Crippen molar-refractivity contribution in [1.29, 1.82) is 0 Å². The van der Waals surface area contributed by atoms with Gasteiger partial charge in [-0.25, -0.2) is 0 Å². The first-order chi connectivity index (χ1) is 7.49. The summed E-state index contributed by atoms with van der Waals surface area (Å²) in [5, 5.41) is 0. The minimum Gasteiger partial charge on any atom is -0.435 e. The summed E-state index contributed by atoms with van der Waals surface area (Å²) in [4.78, 5) is 0. The third-order valence-corrected chi connectivity index (χ3v) is 3.08. The smallest absolute Gasteiger partial charge is 0.387 e. The third kappa shape index (κ3) is 2.16. The quantitative estimate of drug-likeness (QED) is 0.861. The molecule has 0 heterocycles. The van der Waals surface area contributed by atoms with Crippen LogP contribution >= 0.6 is 0 Å². The van der Waals surface area contributed by atoms with Gasteiger partial charge in [-0.3, -0.25) is 0 Å². The first-order valence-electron chi connectivity index (χ1n) is 5.34. The topological polar surface area (TPSA) is 35.2 Å². The highest BCUT2D eigenvalue weighted by Crippen LogP contribution is 2.43. The van der Waals surface area contributed by atoms with Crippen LogP contribution in [0.15, 0.2) is 24.3 Å². The van der Waals surface area contributed by atoms with Gasteiger partial charge < -0.3 is 10.5 Å². The predicted octanol–water partition coefficient (Wildman–Crippen LogP) is 2.87. The maximum atomic E-state index is 11.9. The Kier molecular flexibility index (Phi) is 2.84. The summed E-state index contributed by atoms with van der Waals surface area (Å²) >= 11 is 0. The van der Waals surface area contributed by atoms with Crippen molar-refractivity contribution in [2.45, 2.75) is 31.9 Å². The Labute approximate surface area is 93.4 Å². The zero-order valence-corrected chi connectivity index (χ0v) is 9.12. The van der Waals surface area contributed by atoms with Crippen molar-refractivity contribution < 1.29 is 13.5 Å². The zero-order chi connectivity index (χ0) is 11.8. The van der Waals surface area contributed by atoms with Crippen molar-refractivity contribution in [3.05, 3.63) is 29.8 Å². The van der Waals surface area contributed by atoms with Gasteiger partial charge in [0, 0.05) is 5.54 Å². The molecule has 0 aromatic heterocycles. The fourth-order valence-electron chi connectivity index (χ4n) is 2.39. The van der Waals surface area contributed by atoms with Crippen LogP contribution in [-0.2, 0) is 5.54 Å². The van der Waals surface area contributed by atoms with Crippen molar-refractivity contribution in [3.8, 4) is 5.75 Å². The van der Waals surface area contributed by atoms with E-state index in [2.05, 4.69) is 11.7 Å². The second-order valence-corrected chi connectivity index (χ2v) is 4.57. The molecule has 2 N–H and O–H groups in total. The molecule has 0 aliphatic heterocycles. The molecule has 1 aliphatic carbocycles. The van der Waals surface area contributed by atoms with E-state index < -0.39 is 6.61 Å². The van der Waals surface area contributed by atoms with Gasteiger partial charge in [-0.2, -0.15) is 8.78 Å². The lowest BCUT2D eigenvalue weighted by molar-refractivity contribution is -0.0498. The summed E-state index contributed by atoms with van der Waals surface area (Å²) < 4.78 is 28.2. The highest BCUT2D eigenvalue weighted by Gasteiger charge is 2.39. The summed E-state index contributed by atoms with van der Waals surface area (Å²) in [6, 6.07) is 6.62. The zero-order valence-electron chi connectivity index (χ0n) is 9.12. The number of alkyl halides is 2. The molecule has 1 aromatic rings. The van der Waals surface area contributed by atoms with Crippen LogP contribution in [0, 0.1) is 5.92 Å². The van der Waals surface area contributed by atoms with Crippen molar-refractivity contribution in [2.24, 2.45) is 11.7 Å². The summed E-state index contributed by atoms with van der Waals surface area (Å²) in [5.74, 6) is 0.816. The van der Waals surface area contributed by atoms with Crippen LogP contribution in [0.25, 0.3) is 0 Å². The van der Waals surface area contributed by atoms with Gasteiger partial charge in [-0.05, 0) is 36.5 Å². The van der Waals surface area contributed by atoms with Crippen LogP contribution in [0.3, 0.4) is 0 Å². The number of halogens is 2. The standard InChI is InChI=1S/C12H15F2NO/c1-8-6-12(15,7-8)9-2-4-10(5-3-9)16-11(13)14/h2-5,8,11H,6-7,15H2,1H3. The molecular weight excluding hydrogens is 212 g/mol. The van der Waals surface area contributed by atoms with E-state index in [-0.39, 0.29) is 11.3 Å². The number of hydrogen-bond acceptors (Lipinski definition) is 2. The van der Waals surface area contributed by atoms with Crippen molar-refractivity contribution in [2.75, 3.05) is 0 Å². The van der Waals surface area contributed by atoms with E-state index in [1.54, 1.807) is 24.3 Å². The first-order valence-corrected chi connectivity index (χ1v) is 5.34. The van der Waals surface area contributed by atoms with Crippen molar-refractivity contribution in [3.63, 3.8) is 0 Å². The Balaban J connectivity index is 2.08. The van der Waals surface area contributed by atoms with Crippen LogP contribution in [0.5, 0.6) is 5.75 Å². The number of rotatable bonds is 3. The molecule has 0 bridgehead atoms. The molecule has 2 nitrogen and oxygen atoms in total. The minimum atomic E-state index is -2.78.